The number of carbonyl (C=O) groups excluding carboxylic acids is 1. The van der Waals surface area contributed by atoms with Crippen LogP contribution >= 0.6 is 34.5 Å². The predicted molar refractivity (Wildman–Crippen MR) is 105 cm³/mol. The maximum atomic E-state index is 13.1. The van der Waals surface area contributed by atoms with Crippen molar-refractivity contribution < 1.29 is 9.90 Å². The van der Waals surface area contributed by atoms with Gasteiger partial charge in [0.1, 0.15) is 0 Å². The Hall–Kier alpha value is -2.05. The maximum Gasteiger partial charge on any atom is 0.184 e. The molecule has 0 amide bonds. The number of hydrogen-bond acceptors (Lipinski definition) is 5. The van der Waals surface area contributed by atoms with Crippen molar-refractivity contribution in [2.45, 2.75) is 6.10 Å². The summed E-state index contributed by atoms with van der Waals surface area (Å²) in [4.78, 5) is 17.4. The molecule has 0 bridgehead atoms. The monoisotopic (exact) mass is 404 g/mol. The van der Waals surface area contributed by atoms with Crippen molar-refractivity contribution >= 4 is 46.0 Å². The van der Waals surface area contributed by atoms with Crippen molar-refractivity contribution in [3.63, 3.8) is 0 Å². The smallest absolute Gasteiger partial charge is 0.184 e. The van der Waals surface area contributed by atoms with Gasteiger partial charge < -0.3 is 10.5 Å². The number of aliphatic hydroxyl groups excluding tert-OH is 1. The first kappa shape index (κ1) is 18.7. The molecule has 2 heterocycles. The van der Waals surface area contributed by atoms with Crippen molar-refractivity contribution in [3.8, 4) is 0 Å². The van der Waals surface area contributed by atoms with E-state index in [1.807, 2.05) is 0 Å². The lowest BCUT2D eigenvalue weighted by atomic mass is 9.84. The molecule has 0 saturated carbocycles. The van der Waals surface area contributed by atoms with E-state index in [0.29, 0.717) is 25.4 Å². The van der Waals surface area contributed by atoms with E-state index in [4.69, 9.17) is 28.6 Å². The van der Waals surface area contributed by atoms with Gasteiger partial charge in [-0.1, -0.05) is 41.4 Å². The molecule has 0 aliphatic rings. The van der Waals surface area contributed by atoms with E-state index in [1.54, 1.807) is 54.7 Å². The Bertz CT molecular complexity index is 926. The first-order chi connectivity index (χ1) is 12.5. The van der Waals surface area contributed by atoms with Crippen LogP contribution in [0.3, 0.4) is 0 Å². The van der Waals surface area contributed by atoms with Gasteiger partial charge in [0.25, 0.3) is 0 Å². The highest BCUT2D eigenvalue weighted by atomic mass is 35.5. The molecule has 0 aliphatic heterocycles. The Morgan fingerprint density at radius 2 is 1.85 bits per heavy atom. The zero-order valence-corrected chi connectivity index (χ0v) is 15.7. The van der Waals surface area contributed by atoms with Gasteiger partial charge in [-0.25, -0.2) is 0 Å². The van der Waals surface area contributed by atoms with E-state index >= 15 is 0 Å². The number of nitrogens with zero attached hydrogens (tertiary/aromatic N) is 1. The maximum absolute atomic E-state index is 13.1. The third-order valence-electron chi connectivity index (χ3n) is 3.91. The first-order valence-electron chi connectivity index (χ1n) is 7.69. The summed E-state index contributed by atoms with van der Waals surface area (Å²) < 4.78 is 0.473. The Kier molecular flexibility index (Phi) is 5.84. The highest BCUT2D eigenvalue weighted by molar-refractivity contribution is 7.18. The van der Waals surface area contributed by atoms with E-state index in [9.17, 15) is 9.90 Å². The molecule has 2 unspecified atom stereocenters. The highest BCUT2D eigenvalue weighted by Gasteiger charge is 2.34. The Balaban J connectivity index is 2.02. The van der Waals surface area contributed by atoms with Gasteiger partial charge in [0.05, 0.1) is 26.9 Å². The molecular formula is C19H14Cl2N2O2S. The Morgan fingerprint density at radius 1 is 1.12 bits per heavy atom. The zero-order chi connectivity index (χ0) is 18.7. The van der Waals surface area contributed by atoms with E-state index in [-0.39, 0.29) is 11.5 Å². The zero-order valence-electron chi connectivity index (χ0n) is 13.4. The molecule has 4 nitrogen and oxygen atoms in total. The molecule has 0 radical (unpaired) electrons. The Labute approximate surface area is 164 Å². The molecule has 7 heteroatoms. The molecule has 132 valence electrons. The number of halogens is 2. The fourth-order valence-corrected chi connectivity index (χ4v) is 3.73. The van der Waals surface area contributed by atoms with Gasteiger partial charge in [-0.15, -0.1) is 11.3 Å². The van der Waals surface area contributed by atoms with Crippen LogP contribution in [0.2, 0.25) is 9.36 Å². The molecule has 2 aromatic heterocycles. The molecule has 2 atom stereocenters. The number of ketones is 1. The lowest BCUT2D eigenvalue weighted by Crippen LogP contribution is -2.30. The van der Waals surface area contributed by atoms with Crippen LogP contribution in [0.25, 0.3) is 0 Å². The van der Waals surface area contributed by atoms with Gasteiger partial charge >= 0.3 is 0 Å². The van der Waals surface area contributed by atoms with Crippen LogP contribution in [0.5, 0.6) is 0 Å². The lowest BCUT2D eigenvalue weighted by Gasteiger charge is -2.22. The molecule has 1 aromatic carbocycles. The molecule has 0 fully saturated rings. The molecule has 0 saturated heterocycles. The largest absolute Gasteiger partial charge is 0.387 e. The minimum Gasteiger partial charge on any atom is -0.387 e. The molecule has 2 N–H and O–H groups in total. The van der Waals surface area contributed by atoms with Gasteiger partial charge in [-0.3, -0.25) is 9.78 Å². The molecular weight excluding hydrogens is 391 g/mol. The molecule has 26 heavy (non-hydrogen) atoms. The number of pyridine rings is 1. The number of thiophene rings is 1. The summed E-state index contributed by atoms with van der Waals surface area (Å²) in [6, 6.07) is 13.2. The second-order valence-corrected chi connectivity index (χ2v) is 7.75. The number of Topliss-reactive ketones (excluding diaryl/α,β-unsaturated/α-hetero) is 1. The van der Waals surface area contributed by atoms with Crippen molar-refractivity contribution in [1.29, 1.82) is 5.41 Å². The van der Waals surface area contributed by atoms with E-state index in [1.165, 1.54) is 6.20 Å². The molecule has 3 rings (SSSR count). The topological polar surface area (TPSA) is 74.0 Å². The second kappa shape index (κ2) is 8.10. The lowest BCUT2D eigenvalue weighted by molar-refractivity contribution is 0.0797. The number of aromatic nitrogens is 1. The van der Waals surface area contributed by atoms with Crippen LogP contribution in [0, 0.1) is 11.3 Å². The van der Waals surface area contributed by atoms with Crippen molar-refractivity contribution in [1.82, 2.24) is 4.98 Å². The third kappa shape index (κ3) is 4.02. The summed E-state index contributed by atoms with van der Waals surface area (Å²) >= 11 is 13.0. The SMILES string of the molecule is N=C(c1ccc(Cl)cc1)C(C(=O)c1ccc(Cl)s1)C(O)c1cccnc1. The number of nitrogens with one attached hydrogen (secondary N) is 1. The first-order valence-corrected chi connectivity index (χ1v) is 9.26. The van der Waals surface area contributed by atoms with E-state index < -0.39 is 12.0 Å². The quantitative estimate of drug-likeness (QED) is 0.445. The summed E-state index contributed by atoms with van der Waals surface area (Å²) in [5.74, 6) is -1.45. The number of carbonyl (C=O) groups is 1. The number of benzene rings is 1. The molecule has 0 aliphatic carbocycles. The van der Waals surface area contributed by atoms with Gasteiger partial charge in [0, 0.05) is 17.4 Å². The van der Waals surface area contributed by atoms with Gasteiger partial charge in [0.2, 0.25) is 0 Å². The molecule has 0 spiro atoms. The summed E-state index contributed by atoms with van der Waals surface area (Å²) in [5.41, 5.74) is 0.984. The average molecular weight is 405 g/mol. The average Bonchev–Trinajstić information content (AvgIpc) is 3.09. The summed E-state index contributed by atoms with van der Waals surface area (Å²) in [5, 5.41) is 19.9. The standard InChI is InChI=1S/C19H14Cl2N2O2S/c20-13-5-3-11(4-6-13)17(22)16(18(24)12-2-1-9-23-10-12)19(25)14-7-8-15(21)26-14/h1-10,16,18,22,24H. The Morgan fingerprint density at radius 3 is 2.42 bits per heavy atom. The predicted octanol–water partition coefficient (Wildman–Crippen LogP) is 5.05. The van der Waals surface area contributed by atoms with Gasteiger partial charge in [-0.2, -0.15) is 0 Å². The van der Waals surface area contributed by atoms with E-state index in [0.717, 1.165) is 11.3 Å². The van der Waals surface area contributed by atoms with Crippen LogP contribution in [0.4, 0.5) is 0 Å². The van der Waals surface area contributed by atoms with Crippen molar-refractivity contribution in [3.05, 3.63) is 86.3 Å². The fraction of sp³-hybridized carbons (Fsp3) is 0.105. The van der Waals surface area contributed by atoms with Crippen molar-refractivity contribution in [2.24, 2.45) is 5.92 Å². The van der Waals surface area contributed by atoms with Crippen LogP contribution < -0.4 is 0 Å². The second-order valence-electron chi connectivity index (χ2n) is 5.60. The van der Waals surface area contributed by atoms with Crippen LogP contribution in [-0.4, -0.2) is 21.6 Å². The summed E-state index contributed by atoms with van der Waals surface area (Å²) in [6.45, 7) is 0. The number of rotatable bonds is 6. The fourth-order valence-electron chi connectivity index (χ4n) is 2.58. The molecule has 3 aromatic rings. The third-order valence-corrected chi connectivity index (χ3v) is 5.40. The highest BCUT2D eigenvalue weighted by Crippen LogP contribution is 2.32. The summed E-state index contributed by atoms with van der Waals surface area (Å²) in [7, 11) is 0. The van der Waals surface area contributed by atoms with E-state index in [2.05, 4.69) is 4.98 Å². The van der Waals surface area contributed by atoms with Crippen LogP contribution in [0.15, 0.2) is 60.9 Å². The number of aliphatic hydroxyl groups is 1. The van der Waals surface area contributed by atoms with Gasteiger partial charge in [0.15, 0.2) is 5.78 Å². The summed E-state index contributed by atoms with van der Waals surface area (Å²) in [6.07, 6.45) is 1.86. The minimum absolute atomic E-state index is 0.00698. The van der Waals surface area contributed by atoms with Crippen molar-refractivity contribution in [2.75, 3.05) is 0 Å². The normalized spacial score (nSPS) is 13.2. The minimum atomic E-state index is -1.21. The number of hydrogen-bond donors (Lipinski definition) is 2. The van der Waals surface area contributed by atoms with Gasteiger partial charge in [-0.05, 0) is 41.5 Å². The van der Waals surface area contributed by atoms with Crippen LogP contribution in [-0.2, 0) is 0 Å². The van der Waals surface area contributed by atoms with Crippen LogP contribution in [0.1, 0.15) is 26.9 Å².